The van der Waals surface area contributed by atoms with Crippen LogP contribution in [0.1, 0.15) is 5.56 Å². The fourth-order valence-corrected chi connectivity index (χ4v) is 5.60. The summed E-state index contributed by atoms with van der Waals surface area (Å²) in [5.74, 6) is 0. The third kappa shape index (κ3) is 3.43. The Balaban J connectivity index is 0.00000205. The maximum atomic E-state index is 13.3. The van der Waals surface area contributed by atoms with Crippen molar-refractivity contribution >= 4 is 44.7 Å². The average Bonchev–Trinajstić information content (AvgIpc) is 3.18. The third-order valence-electron chi connectivity index (χ3n) is 5.55. The van der Waals surface area contributed by atoms with E-state index >= 15 is 0 Å². The Morgan fingerprint density at radius 3 is 2.52 bits per heavy atom. The smallest absolute Gasteiger partial charge is 0.265 e. The van der Waals surface area contributed by atoms with Crippen molar-refractivity contribution in [2.45, 2.75) is 11.3 Å². The summed E-state index contributed by atoms with van der Waals surface area (Å²) < 4.78 is 28.1. The highest BCUT2D eigenvalue weighted by atomic mass is 35.5. The fourth-order valence-electron chi connectivity index (χ4n) is 4.11. The van der Waals surface area contributed by atoms with Gasteiger partial charge < -0.3 is 10.2 Å². The van der Waals surface area contributed by atoms with Crippen LogP contribution in [0.5, 0.6) is 0 Å². The number of pyridine rings is 1. The van der Waals surface area contributed by atoms with Gasteiger partial charge in [-0.25, -0.2) is 8.42 Å². The molecule has 2 aromatic carbocycles. The molecule has 0 spiro atoms. The number of benzene rings is 2. The number of para-hydroxylation sites is 2. The van der Waals surface area contributed by atoms with Crippen LogP contribution >= 0.6 is 12.4 Å². The maximum absolute atomic E-state index is 13.3. The molecule has 0 aliphatic carbocycles. The van der Waals surface area contributed by atoms with Crippen LogP contribution in [0.15, 0.2) is 59.6 Å². The molecule has 6 nitrogen and oxygen atoms in total. The molecule has 0 saturated carbocycles. The molecule has 2 aliphatic heterocycles. The third-order valence-corrected chi connectivity index (χ3v) is 7.33. The van der Waals surface area contributed by atoms with E-state index in [0.29, 0.717) is 6.54 Å². The summed E-state index contributed by atoms with van der Waals surface area (Å²) >= 11 is 0. The SMILES string of the molecule is Cl.O=S(=O)(c1cnc2c(N3CCNCC3)cccc2c1)N1CCc2ccccc21. The van der Waals surface area contributed by atoms with Crippen molar-refractivity contribution in [1.29, 1.82) is 0 Å². The molecule has 8 heteroatoms. The minimum Gasteiger partial charge on any atom is -0.367 e. The lowest BCUT2D eigenvalue weighted by Crippen LogP contribution is -2.43. The fraction of sp³-hybridized carbons (Fsp3) is 0.286. The molecule has 2 aliphatic rings. The van der Waals surface area contributed by atoms with Crippen LogP contribution in [0.2, 0.25) is 0 Å². The number of hydrogen-bond acceptors (Lipinski definition) is 5. The molecule has 1 saturated heterocycles. The first-order valence-electron chi connectivity index (χ1n) is 9.60. The molecule has 3 aromatic rings. The van der Waals surface area contributed by atoms with Gasteiger partial charge in [-0.1, -0.05) is 30.3 Å². The zero-order valence-electron chi connectivity index (χ0n) is 15.9. The van der Waals surface area contributed by atoms with Gasteiger partial charge in [-0.05, 0) is 30.2 Å². The van der Waals surface area contributed by atoms with Crippen molar-refractivity contribution < 1.29 is 8.42 Å². The van der Waals surface area contributed by atoms with E-state index in [1.165, 1.54) is 10.5 Å². The number of hydrogen-bond donors (Lipinski definition) is 1. The molecule has 1 N–H and O–H groups in total. The predicted octanol–water partition coefficient (Wildman–Crippen LogP) is 2.82. The second kappa shape index (κ2) is 7.82. The highest BCUT2D eigenvalue weighted by molar-refractivity contribution is 7.92. The highest BCUT2D eigenvalue weighted by Gasteiger charge is 2.31. The number of sulfonamides is 1. The Labute approximate surface area is 177 Å². The van der Waals surface area contributed by atoms with Crippen LogP contribution in [-0.4, -0.2) is 46.1 Å². The van der Waals surface area contributed by atoms with E-state index in [9.17, 15) is 8.42 Å². The van der Waals surface area contributed by atoms with E-state index < -0.39 is 10.0 Å². The standard InChI is InChI=1S/C21H22N4O2S.ClH/c26-28(27,25-11-8-16-4-1-2-6-19(16)25)18-14-17-5-3-7-20(21(17)23-15-18)24-12-9-22-10-13-24;/h1-7,14-15,22H,8-13H2;1H. The Kier molecular flexibility index (Phi) is 5.38. The van der Waals surface area contributed by atoms with Gasteiger partial charge in [-0.2, -0.15) is 0 Å². The normalized spacial score (nSPS) is 16.6. The summed E-state index contributed by atoms with van der Waals surface area (Å²) in [6, 6.07) is 15.4. The number of rotatable bonds is 3. The summed E-state index contributed by atoms with van der Waals surface area (Å²) in [6.07, 6.45) is 2.24. The summed E-state index contributed by atoms with van der Waals surface area (Å²) in [7, 11) is -3.63. The largest absolute Gasteiger partial charge is 0.367 e. The Morgan fingerprint density at radius 1 is 0.931 bits per heavy atom. The van der Waals surface area contributed by atoms with Gasteiger partial charge in [0.25, 0.3) is 10.0 Å². The number of aromatic nitrogens is 1. The van der Waals surface area contributed by atoms with E-state index in [1.54, 1.807) is 6.07 Å². The minimum absolute atomic E-state index is 0. The van der Waals surface area contributed by atoms with Crippen LogP contribution in [0, 0.1) is 0 Å². The van der Waals surface area contributed by atoms with Gasteiger partial charge in [-0.15, -0.1) is 12.4 Å². The lowest BCUT2D eigenvalue weighted by atomic mass is 10.1. The molecule has 152 valence electrons. The first-order chi connectivity index (χ1) is 13.6. The van der Waals surface area contributed by atoms with Gasteiger partial charge in [0, 0.05) is 44.3 Å². The monoisotopic (exact) mass is 430 g/mol. The molecule has 1 aromatic heterocycles. The van der Waals surface area contributed by atoms with E-state index in [0.717, 1.165) is 60.4 Å². The summed E-state index contributed by atoms with van der Waals surface area (Å²) in [4.78, 5) is 7.13. The van der Waals surface area contributed by atoms with Gasteiger partial charge in [0.15, 0.2) is 0 Å². The molecule has 1 fully saturated rings. The number of halogens is 1. The number of piperazine rings is 1. The second-order valence-electron chi connectivity index (χ2n) is 7.21. The lowest BCUT2D eigenvalue weighted by molar-refractivity contribution is 0.590. The van der Waals surface area contributed by atoms with Gasteiger partial charge in [-0.3, -0.25) is 9.29 Å². The van der Waals surface area contributed by atoms with Crippen molar-refractivity contribution in [1.82, 2.24) is 10.3 Å². The van der Waals surface area contributed by atoms with Crippen molar-refractivity contribution in [3.05, 3.63) is 60.3 Å². The number of anilines is 2. The van der Waals surface area contributed by atoms with Crippen LogP contribution in [0.3, 0.4) is 0 Å². The van der Waals surface area contributed by atoms with Crippen molar-refractivity contribution in [2.24, 2.45) is 0 Å². The minimum atomic E-state index is -3.63. The first-order valence-corrected chi connectivity index (χ1v) is 11.0. The van der Waals surface area contributed by atoms with Gasteiger partial charge in [0.05, 0.1) is 16.9 Å². The zero-order valence-corrected chi connectivity index (χ0v) is 17.5. The molecule has 0 atom stereocenters. The Bertz CT molecular complexity index is 1150. The molecular formula is C21H23ClN4O2S. The van der Waals surface area contributed by atoms with Crippen LogP contribution in [0.25, 0.3) is 10.9 Å². The van der Waals surface area contributed by atoms with Crippen LogP contribution < -0.4 is 14.5 Å². The summed E-state index contributed by atoms with van der Waals surface area (Å²) in [6.45, 7) is 4.20. The van der Waals surface area contributed by atoms with Crippen molar-refractivity contribution in [3.63, 3.8) is 0 Å². The molecule has 3 heterocycles. The Hall–Kier alpha value is -2.35. The predicted molar refractivity (Wildman–Crippen MR) is 119 cm³/mol. The summed E-state index contributed by atoms with van der Waals surface area (Å²) in [5.41, 5.74) is 3.76. The molecule has 0 amide bonds. The average molecular weight is 431 g/mol. The van der Waals surface area contributed by atoms with Crippen molar-refractivity contribution in [3.8, 4) is 0 Å². The number of nitrogens with one attached hydrogen (secondary N) is 1. The van der Waals surface area contributed by atoms with E-state index in [4.69, 9.17) is 0 Å². The molecule has 29 heavy (non-hydrogen) atoms. The van der Waals surface area contributed by atoms with E-state index in [-0.39, 0.29) is 17.3 Å². The zero-order chi connectivity index (χ0) is 19.1. The van der Waals surface area contributed by atoms with E-state index in [1.807, 2.05) is 36.4 Å². The lowest BCUT2D eigenvalue weighted by Gasteiger charge is -2.30. The number of nitrogens with zero attached hydrogens (tertiary/aromatic N) is 3. The van der Waals surface area contributed by atoms with Gasteiger partial charge in [0.1, 0.15) is 4.90 Å². The molecule has 0 radical (unpaired) electrons. The van der Waals surface area contributed by atoms with Gasteiger partial charge in [0.2, 0.25) is 0 Å². The molecule has 0 unspecified atom stereocenters. The quantitative estimate of drug-likeness (QED) is 0.692. The molecule has 5 rings (SSSR count). The highest BCUT2D eigenvalue weighted by Crippen LogP contribution is 2.34. The molecular weight excluding hydrogens is 408 g/mol. The number of fused-ring (bicyclic) bond motifs is 2. The topological polar surface area (TPSA) is 65.5 Å². The second-order valence-corrected chi connectivity index (χ2v) is 9.08. The maximum Gasteiger partial charge on any atom is 0.265 e. The first kappa shape index (κ1) is 19.9. The van der Waals surface area contributed by atoms with Crippen LogP contribution in [0.4, 0.5) is 11.4 Å². The van der Waals surface area contributed by atoms with Crippen LogP contribution in [-0.2, 0) is 16.4 Å². The van der Waals surface area contributed by atoms with E-state index in [2.05, 4.69) is 21.3 Å². The summed E-state index contributed by atoms with van der Waals surface area (Å²) in [5, 5.41) is 4.21. The Morgan fingerprint density at radius 2 is 1.69 bits per heavy atom. The molecule has 0 bridgehead atoms. The van der Waals surface area contributed by atoms with Gasteiger partial charge >= 0.3 is 0 Å². The van der Waals surface area contributed by atoms with Crippen molar-refractivity contribution in [2.75, 3.05) is 41.9 Å².